The molecule has 0 unspecified atom stereocenters. The quantitative estimate of drug-likeness (QED) is 0.164. The standard InChI is InChI=1S/C26H50O6/c1-2-3-4-5-6-7-8-9-10-11-12-13-14-15-16-17-18-19-24(29)32-23-21-31-26(25(23)30)22(28)20-27/h22-23,25-28,30H,2-21H2,1H3/t22-,23-,25-,26-/m1/s1. The highest BCUT2D eigenvalue weighted by atomic mass is 16.6. The summed E-state index contributed by atoms with van der Waals surface area (Å²) in [6.07, 6.45) is 18.5. The van der Waals surface area contributed by atoms with E-state index >= 15 is 0 Å². The highest BCUT2D eigenvalue weighted by molar-refractivity contribution is 5.69. The number of rotatable bonds is 21. The topological polar surface area (TPSA) is 96.2 Å². The summed E-state index contributed by atoms with van der Waals surface area (Å²) >= 11 is 0. The number of hydrogen-bond acceptors (Lipinski definition) is 6. The fourth-order valence-corrected chi connectivity index (χ4v) is 4.38. The van der Waals surface area contributed by atoms with E-state index in [1.807, 2.05) is 0 Å². The molecule has 0 aromatic carbocycles. The van der Waals surface area contributed by atoms with Crippen molar-refractivity contribution in [1.29, 1.82) is 0 Å². The Hall–Kier alpha value is -0.690. The highest BCUT2D eigenvalue weighted by Gasteiger charge is 2.42. The lowest BCUT2D eigenvalue weighted by Gasteiger charge is -2.20. The molecule has 0 aliphatic carbocycles. The summed E-state index contributed by atoms with van der Waals surface area (Å²) in [5, 5.41) is 28.6. The normalized spacial score (nSPS) is 21.7. The summed E-state index contributed by atoms with van der Waals surface area (Å²) in [7, 11) is 0. The molecule has 1 aliphatic rings. The second-order valence-corrected chi connectivity index (χ2v) is 9.47. The molecule has 0 radical (unpaired) electrons. The van der Waals surface area contributed by atoms with Crippen LogP contribution in [0.15, 0.2) is 0 Å². The molecule has 1 saturated heterocycles. The molecule has 4 atom stereocenters. The highest BCUT2D eigenvalue weighted by Crippen LogP contribution is 2.21. The maximum Gasteiger partial charge on any atom is 0.306 e. The van der Waals surface area contributed by atoms with Gasteiger partial charge >= 0.3 is 5.97 Å². The molecule has 0 amide bonds. The van der Waals surface area contributed by atoms with Crippen LogP contribution in [0.4, 0.5) is 0 Å². The SMILES string of the molecule is CCCCCCCCCCCCCCCCCCCC(=O)O[C@@H]1CO[C@H]([C@H](O)CO)[C@@H]1O. The van der Waals surface area contributed by atoms with E-state index in [0.29, 0.717) is 6.42 Å². The molecule has 6 heteroatoms. The Morgan fingerprint density at radius 2 is 1.28 bits per heavy atom. The minimum absolute atomic E-state index is 0.0493. The number of aliphatic hydroxyl groups excluding tert-OH is 3. The first kappa shape index (κ1) is 29.3. The maximum atomic E-state index is 12.0. The number of carbonyl (C=O) groups is 1. The third kappa shape index (κ3) is 13.8. The van der Waals surface area contributed by atoms with Gasteiger partial charge in [0.15, 0.2) is 6.10 Å². The number of hydrogen-bond donors (Lipinski definition) is 3. The number of unbranched alkanes of at least 4 members (excludes halogenated alkanes) is 16. The van der Waals surface area contributed by atoms with E-state index in [-0.39, 0.29) is 12.6 Å². The second-order valence-electron chi connectivity index (χ2n) is 9.47. The lowest BCUT2D eigenvalue weighted by molar-refractivity contribution is -0.153. The molecule has 1 fully saturated rings. The van der Waals surface area contributed by atoms with Crippen molar-refractivity contribution in [3.63, 3.8) is 0 Å². The zero-order chi connectivity index (χ0) is 23.4. The minimum Gasteiger partial charge on any atom is -0.457 e. The number of aliphatic hydroxyl groups is 3. The Morgan fingerprint density at radius 3 is 1.72 bits per heavy atom. The van der Waals surface area contributed by atoms with Crippen LogP contribution in [0.25, 0.3) is 0 Å². The van der Waals surface area contributed by atoms with Gasteiger partial charge in [0.25, 0.3) is 0 Å². The third-order valence-electron chi connectivity index (χ3n) is 6.50. The first-order chi connectivity index (χ1) is 15.6. The van der Waals surface area contributed by atoms with Gasteiger partial charge in [-0.15, -0.1) is 0 Å². The van der Waals surface area contributed by atoms with E-state index in [2.05, 4.69) is 6.92 Å². The Labute approximate surface area is 196 Å². The van der Waals surface area contributed by atoms with Crippen LogP contribution in [0.3, 0.4) is 0 Å². The molecular weight excluding hydrogens is 408 g/mol. The van der Waals surface area contributed by atoms with Gasteiger partial charge in [-0.1, -0.05) is 110 Å². The van der Waals surface area contributed by atoms with Crippen LogP contribution >= 0.6 is 0 Å². The van der Waals surface area contributed by atoms with Gasteiger partial charge < -0.3 is 24.8 Å². The van der Waals surface area contributed by atoms with Crippen LogP contribution in [0, 0.1) is 0 Å². The largest absolute Gasteiger partial charge is 0.457 e. The van der Waals surface area contributed by atoms with Crippen molar-refractivity contribution >= 4 is 5.97 Å². The lowest BCUT2D eigenvalue weighted by Crippen LogP contribution is -2.41. The van der Waals surface area contributed by atoms with Gasteiger partial charge in [-0.25, -0.2) is 0 Å². The van der Waals surface area contributed by atoms with Gasteiger partial charge in [-0.2, -0.15) is 0 Å². The minimum atomic E-state index is -1.17. The summed E-state index contributed by atoms with van der Waals surface area (Å²) in [5.41, 5.74) is 0. The van der Waals surface area contributed by atoms with Gasteiger partial charge in [-0.3, -0.25) is 4.79 Å². The van der Waals surface area contributed by atoms with Crippen molar-refractivity contribution in [2.75, 3.05) is 13.2 Å². The van der Waals surface area contributed by atoms with Crippen LogP contribution in [0.2, 0.25) is 0 Å². The molecule has 0 aromatic heterocycles. The van der Waals surface area contributed by atoms with Crippen molar-refractivity contribution in [1.82, 2.24) is 0 Å². The summed E-state index contributed by atoms with van der Waals surface area (Å²) in [5.74, 6) is -0.335. The smallest absolute Gasteiger partial charge is 0.306 e. The summed E-state index contributed by atoms with van der Waals surface area (Å²) in [4.78, 5) is 12.0. The van der Waals surface area contributed by atoms with Gasteiger partial charge in [0, 0.05) is 6.42 Å². The Kier molecular flexibility index (Phi) is 18.1. The van der Waals surface area contributed by atoms with E-state index < -0.39 is 31.0 Å². The molecule has 0 saturated carbocycles. The number of carbonyl (C=O) groups excluding carboxylic acids is 1. The van der Waals surface area contributed by atoms with E-state index in [1.54, 1.807) is 0 Å². The van der Waals surface area contributed by atoms with Crippen molar-refractivity contribution in [2.24, 2.45) is 0 Å². The average Bonchev–Trinajstić information content (AvgIpc) is 3.15. The van der Waals surface area contributed by atoms with Gasteiger partial charge in [0.1, 0.15) is 18.3 Å². The molecule has 1 aliphatic heterocycles. The molecule has 32 heavy (non-hydrogen) atoms. The summed E-state index contributed by atoms with van der Waals surface area (Å²) < 4.78 is 10.5. The molecule has 0 spiro atoms. The Bertz CT molecular complexity index is 444. The number of ether oxygens (including phenoxy) is 2. The van der Waals surface area contributed by atoms with E-state index in [1.165, 1.54) is 89.9 Å². The molecule has 190 valence electrons. The van der Waals surface area contributed by atoms with Gasteiger partial charge in [-0.05, 0) is 6.42 Å². The molecular formula is C26H50O6. The molecule has 1 heterocycles. The van der Waals surface area contributed by atoms with Gasteiger partial charge in [0.2, 0.25) is 0 Å². The monoisotopic (exact) mass is 458 g/mol. The van der Waals surface area contributed by atoms with Crippen LogP contribution in [0.1, 0.15) is 122 Å². The lowest BCUT2D eigenvalue weighted by atomic mass is 10.0. The molecule has 1 rings (SSSR count). The molecule has 0 bridgehead atoms. The first-order valence-corrected chi connectivity index (χ1v) is 13.4. The second kappa shape index (κ2) is 19.7. The fraction of sp³-hybridized carbons (Fsp3) is 0.962. The zero-order valence-electron chi connectivity index (χ0n) is 20.5. The Morgan fingerprint density at radius 1 is 0.844 bits per heavy atom. The molecule has 0 aromatic rings. The Balaban J connectivity index is 1.84. The third-order valence-corrected chi connectivity index (χ3v) is 6.50. The van der Waals surface area contributed by atoms with Gasteiger partial charge in [0.05, 0.1) is 13.2 Å². The molecule has 6 nitrogen and oxygen atoms in total. The van der Waals surface area contributed by atoms with Crippen LogP contribution in [0.5, 0.6) is 0 Å². The summed E-state index contributed by atoms with van der Waals surface area (Å²) in [6, 6.07) is 0. The maximum absolute atomic E-state index is 12.0. The molecule has 3 N–H and O–H groups in total. The van der Waals surface area contributed by atoms with Crippen LogP contribution in [-0.2, 0) is 14.3 Å². The van der Waals surface area contributed by atoms with Crippen molar-refractivity contribution in [2.45, 2.75) is 147 Å². The predicted molar refractivity (Wildman–Crippen MR) is 127 cm³/mol. The van der Waals surface area contributed by atoms with E-state index in [4.69, 9.17) is 14.6 Å². The van der Waals surface area contributed by atoms with Crippen molar-refractivity contribution in [3.8, 4) is 0 Å². The number of esters is 1. The zero-order valence-corrected chi connectivity index (χ0v) is 20.5. The average molecular weight is 459 g/mol. The summed E-state index contributed by atoms with van der Waals surface area (Å²) in [6.45, 7) is 1.82. The van der Waals surface area contributed by atoms with Crippen molar-refractivity contribution < 1.29 is 29.6 Å². The van der Waals surface area contributed by atoms with E-state index in [9.17, 15) is 15.0 Å². The predicted octanol–water partition coefficient (Wildman–Crippen LogP) is 5.05. The van der Waals surface area contributed by atoms with Crippen LogP contribution < -0.4 is 0 Å². The van der Waals surface area contributed by atoms with Crippen LogP contribution in [-0.4, -0.2) is 58.9 Å². The first-order valence-electron chi connectivity index (χ1n) is 13.4. The fourth-order valence-electron chi connectivity index (χ4n) is 4.38. The van der Waals surface area contributed by atoms with E-state index in [0.717, 1.165) is 19.3 Å². The van der Waals surface area contributed by atoms with Crippen molar-refractivity contribution in [3.05, 3.63) is 0 Å².